The number of anilines is 1. The van der Waals surface area contributed by atoms with Crippen molar-refractivity contribution in [2.45, 2.75) is 44.7 Å². The van der Waals surface area contributed by atoms with E-state index in [-0.39, 0.29) is 28.6 Å². The molecule has 6 nitrogen and oxygen atoms in total. The summed E-state index contributed by atoms with van der Waals surface area (Å²) in [6, 6.07) is 11.4. The fraction of sp³-hybridized carbons (Fsp3) is 0.320. The molecular formula is C25H27ClN4O2. The molecular weight excluding hydrogens is 424 g/mol. The van der Waals surface area contributed by atoms with Crippen LogP contribution >= 0.6 is 11.6 Å². The van der Waals surface area contributed by atoms with Gasteiger partial charge in [0.2, 0.25) is 0 Å². The van der Waals surface area contributed by atoms with E-state index in [1.165, 1.54) is 0 Å². The second-order valence-corrected chi connectivity index (χ2v) is 8.93. The van der Waals surface area contributed by atoms with Crippen LogP contribution in [0.5, 0.6) is 5.75 Å². The van der Waals surface area contributed by atoms with Gasteiger partial charge in [-0.05, 0) is 61.1 Å². The van der Waals surface area contributed by atoms with Crippen molar-refractivity contribution in [2.24, 2.45) is 11.7 Å². The van der Waals surface area contributed by atoms with Crippen molar-refractivity contribution < 1.29 is 9.90 Å². The van der Waals surface area contributed by atoms with Crippen LogP contribution in [0, 0.1) is 11.3 Å². The second kappa shape index (κ2) is 9.27. The number of benzene rings is 2. The van der Waals surface area contributed by atoms with Crippen molar-refractivity contribution in [3.63, 3.8) is 0 Å². The molecule has 0 spiro atoms. The lowest BCUT2D eigenvalue weighted by atomic mass is 9.90. The number of hydrogen-bond donors (Lipinski definition) is 4. The number of halogens is 1. The molecule has 1 heterocycles. The van der Waals surface area contributed by atoms with Gasteiger partial charge in [-0.2, -0.15) is 0 Å². The van der Waals surface area contributed by atoms with Crippen molar-refractivity contribution >= 4 is 40.2 Å². The molecule has 0 bridgehead atoms. The van der Waals surface area contributed by atoms with Gasteiger partial charge in [0.1, 0.15) is 5.75 Å². The average molecular weight is 451 g/mol. The van der Waals surface area contributed by atoms with E-state index >= 15 is 0 Å². The first kappa shape index (κ1) is 22.2. The van der Waals surface area contributed by atoms with Gasteiger partial charge in [0.15, 0.2) is 5.78 Å². The molecule has 1 fully saturated rings. The number of phenols is 1. The Hall–Kier alpha value is -2.96. The van der Waals surface area contributed by atoms with Gasteiger partial charge in [-0.15, -0.1) is 0 Å². The molecule has 5 N–H and O–H groups in total. The van der Waals surface area contributed by atoms with Gasteiger partial charge in [0, 0.05) is 29.9 Å². The predicted octanol–water partition coefficient (Wildman–Crippen LogP) is 5.41. The number of fused-ring (bicyclic) bond motifs is 1. The molecule has 0 amide bonds. The number of carbonyl (C=O) groups is 1. The molecule has 2 aromatic carbocycles. The number of rotatable bonds is 6. The van der Waals surface area contributed by atoms with Crippen LogP contribution in [0.4, 0.5) is 5.69 Å². The summed E-state index contributed by atoms with van der Waals surface area (Å²) in [7, 11) is 0. The Kier molecular flexibility index (Phi) is 6.44. The number of Topliss-reactive ketones (excluding diaryl/α,β-unsaturated/α-hetero) is 1. The number of nitrogens with one attached hydrogen (secondary N) is 2. The van der Waals surface area contributed by atoms with E-state index in [2.05, 4.69) is 10.3 Å². The highest BCUT2D eigenvalue weighted by atomic mass is 35.5. The van der Waals surface area contributed by atoms with E-state index in [1.807, 2.05) is 18.2 Å². The van der Waals surface area contributed by atoms with Crippen LogP contribution in [0.25, 0.3) is 22.0 Å². The lowest BCUT2D eigenvalue weighted by molar-refractivity contribution is 0.0963. The third-order valence-electron chi connectivity index (χ3n) is 6.20. The Morgan fingerprint density at radius 3 is 2.59 bits per heavy atom. The van der Waals surface area contributed by atoms with Crippen LogP contribution in [0.2, 0.25) is 5.02 Å². The number of phenolic OH excluding ortho intramolecular Hbond substituents is 1. The molecule has 0 radical (unpaired) electrons. The predicted molar refractivity (Wildman–Crippen MR) is 130 cm³/mol. The molecule has 1 aliphatic rings. The lowest BCUT2D eigenvalue weighted by Gasteiger charge is -2.29. The molecule has 0 aliphatic heterocycles. The van der Waals surface area contributed by atoms with E-state index in [0.717, 1.165) is 59.6 Å². The first-order valence-corrected chi connectivity index (χ1v) is 11.2. The van der Waals surface area contributed by atoms with Gasteiger partial charge in [-0.1, -0.05) is 30.7 Å². The van der Waals surface area contributed by atoms with Crippen molar-refractivity contribution in [3.8, 4) is 16.9 Å². The van der Waals surface area contributed by atoms with Gasteiger partial charge >= 0.3 is 0 Å². The van der Waals surface area contributed by atoms with Gasteiger partial charge in [-0.25, -0.2) is 0 Å². The fourth-order valence-corrected chi connectivity index (χ4v) is 4.37. The highest BCUT2D eigenvalue weighted by Crippen LogP contribution is 2.35. The number of nitrogens with two attached hydrogens (primary N) is 1. The summed E-state index contributed by atoms with van der Waals surface area (Å²) >= 11 is 6.12. The maximum atomic E-state index is 13.1. The van der Waals surface area contributed by atoms with Crippen LogP contribution in [-0.4, -0.2) is 34.2 Å². The first-order chi connectivity index (χ1) is 15.4. The van der Waals surface area contributed by atoms with Crippen molar-refractivity contribution in [1.82, 2.24) is 4.98 Å². The fourth-order valence-electron chi connectivity index (χ4n) is 4.19. The van der Waals surface area contributed by atoms with Gasteiger partial charge < -0.3 is 21.6 Å². The van der Waals surface area contributed by atoms with E-state index in [1.54, 1.807) is 31.3 Å². The number of aromatic nitrogens is 1. The molecule has 1 unspecified atom stereocenters. The Morgan fingerprint density at radius 1 is 1.22 bits per heavy atom. The molecule has 1 aliphatic carbocycles. The molecule has 7 heteroatoms. The zero-order valence-electron chi connectivity index (χ0n) is 17.9. The van der Waals surface area contributed by atoms with E-state index < -0.39 is 5.92 Å². The first-order valence-electron chi connectivity index (χ1n) is 10.9. The lowest BCUT2D eigenvalue weighted by Crippen LogP contribution is -2.33. The number of nitrogens with zero attached hydrogens (tertiary/aromatic N) is 1. The topological polar surface area (TPSA) is 112 Å². The van der Waals surface area contributed by atoms with E-state index in [0.29, 0.717) is 5.56 Å². The van der Waals surface area contributed by atoms with Gasteiger partial charge in [0.05, 0.1) is 27.7 Å². The minimum atomic E-state index is -0.534. The molecule has 1 saturated carbocycles. The summed E-state index contributed by atoms with van der Waals surface area (Å²) in [6.45, 7) is 1.72. The Balaban J connectivity index is 1.84. The molecule has 3 aromatic rings. The zero-order chi connectivity index (χ0) is 22.8. The maximum Gasteiger partial charge on any atom is 0.174 e. The number of pyridine rings is 1. The summed E-state index contributed by atoms with van der Waals surface area (Å²) in [4.78, 5) is 17.6. The van der Waals surface area contributed by atoms with Crippen LogP contribution in [0.1, 0.15) is 43.0 Å². The highest BCUT2D eigenvalue weighted by Gasteiger charge is 2.24. The smallest absolute Gasteiger partial charge is 0.174 e. The van der Waals surface area contributed by atoms with Gasteiger partial charge in [-0.3, -0.25) is 9.78 Å². The largest absolute Gasteiger partial charge is 0.506 e. The summed E-state index contributed by atoms with van der Waals surface area (Å²) in [5, 5.41) is 22.0. The monoisotopic (exact) mass is 450 g/mol. The third-order valence-corrected chi connectivity index (χ3v) is 6.50. The van der Waals surface area contributed by atoms with E-state index in [4.69, 9.17) is 22.7 Å². The van der Waals surface area contributed by atoms with Crippen LogP contribution in [0.15, 0.2) is 42.6 Å². The number of aromatic hydroxyl groups is 1. The summed E-state index contributed by atoms with van der Waals surface area (Å²) < 4.78 is 0. The number of hydrogen-bond acceptors (Lipinski definition) is 6. The third kappa shape index (κ3) is 4.47. The van der Waals surface area contributed by atoms with Crippen molar-refractivity contribution in [3.05, 3.63) is 53.2 Å². The average Bonchev–Trinajstić information content (AvgIpc) is 2.81. The molecule has 32 heavy (non-hydrogen) atoms. The molecule has 1 aromatic heterocycles. The summed E-state index contributed by atoms with van der Waals surface area (Å²) in [5.41, 5.74) is 9.85. The molecule has 0 saturated heterocycles. The molecule has 4 rings (SSSR count). The maximum absolute atomic E-state index is 13.1. The summed E-state index contributed by atoms with van der Waals surface area (Å²) in [6.07, 6.45) is 6.53. The highest BCUT2D eigenvalue weighted by molar-refractivity contribution is 6.32. The van der Waals surface area contributed by atoms with Crippen molar-refractivity contribution in [1.29, 1.82) is 5.41 Å². The van der Waals surface area contributed by atoms with Crippen molar-refractivity contribution in [2.75, 3.05) is 5.32 Å². The summed E-state index contributed by atoms with van der Waals surface area (Å²) in [5.74, 6) is -0.639. The zero-order valence-corrected chi connectivity index (χ0v) is 18.7. The standard InChI is InChI=1S/C25H27ClN4O2/c1-14(12-27)25(32)20-13-29-22-8-2-15(16-3-9-23(31)21(26)11-16)10-19(22)24(20)30-18-6-4-17(28)5-7-18/h2-3,8-14,17-18,27,31H,4-7,28H2,1H3,(H,29,30). The Bertz CT molecular complexity index is 1170. The Morgan fingerprint density at radius 2 is 1.91 bits per heavy atom. The van der Waals surface area contributed by atoms with Crippen LogP contribution < -0.4 is 11.1 Å². The minimum Gasteiger partial charge on any atom is -0.506 e. The normalized spacial score (nSPS) is 19.5. The Labute approximate surface area is 192 Å². The van der Waals surface area contributed by atoms with Crippen LogP contribution in [0.3, 0.4) is 0 Å². The van der Waals surface area contributed by atoms with Crippen LogP contribution in [-0.2, 0) is 0 Å². The van der Waals surface area contributed by atoms with Gasteiger partial charge in [0.25, 0.3) is 0 Å². The number of ketones is 1. The molecule has 1 atom stereocenters. The minimum absolute atomic E-state index is 0.0317. The SMILES string of the molecule is CC(C=N)C(=O)c1cnc2ccc(-c3ccc(O)c(Cl)c3)cc2c1NC1CCC(N)CC1. The number of carbonyl (C=O) groups excluding carboxylic acids is 1. The molecule has 166 valence electrons. The quantitative estimate of drug-likeness (QED) is 0.296. The second-order valence-electron chi connectivity index (χ2n) is 8.52. The van der Waals surface area contributed by atoms with E-state index in [9.17, 15) is 9.90 Å².